The monoisotopic (exact) mass is 813 g/mol. The standard InChI is InChI=1S/C22H21NO4S.C20H19ClN2O2S2/c1-16(2)27-18-12-14-19(15-13-18)28(25,26)23-21-11-7-6-10-20(21)22(24)17-8-4-3-5-9-17;1-14(2)15-6-9-17(10-7-15)27(24,25)23-18-11-8-16(21)13-19(18)26-20-5-3-4-12-22-20/h3-16,23H,1-2H3;3-14,23H,1-2H3. The predicted octanol–water partition coefficient (Wildman–Crippen LogP) is 10.3. The van der Waals surface area contributed by atoms with E-state index in [0.717, 1.165) is 10.6 Å². The van der Waals surface area contributed by atoms with Gasteiger partial charge in [-0.25, -0.2) is 21.8 Å². The first-order chi connectivity index (χ1) is 26.2. The summed E-state index contributed by atoms with van der Waals surface area (Å²) in [4.78, 5) is 18.0. The molecule has 0 aliphatic heterocycles. The lowest BCUT2D eigenvalue weighted by atomic mass is 10.0. The lowest BCUT2D eigenvalue weighted by Gasteiger charge is -2.13. The van der Waals surface area contributed by atoms with E-state index in [1.807, 2.05) is 50.2 Å². The molecule has 5 aromatic carbocycles. The molecule has 0 aliphatic carbocycles. The van der Waals surface area contributed by atoms with E-state index in [1.165, 1.54) is 23.9 Å². The summed E-state index contributed by atoms with van der Waals surface area (Å²) < 4.78 is 61.9. The van der Waals surface area contributed by atoms with Gasteiger partial charge in [-0.2, -0.15) is 0 Å². The average molecular weight is 814 g/mol. The van der Waals surface area contributed by atoms with Gasteiger partial charge >= 0.3 is 0 Å². The van der Waals surface area contributed by atoms with Gasteiger partial charge in [-0.1, -0.05) is 97.9 Å². The molecule has 0 atom stereocenters. The van der Waals surface area contributed by atoms with E-state index in [1.54, 1.807) is 97.2 Å². The van der Waals surface area contributed by atoms with Crippen molar-refractivity contribution >= 4 is 60.6 Å². The number of benzene rings is 5. The molecular formula is C42H40ClN3O6S3. The lowest BCUT2D eigenvalue weighted by Crippen LogP contribution is -2.16. The molecule has 0 amide bonds. The number of hydrogen-bond acceptors (Lipinski definition) is 8. The normalized spacial score (nSPS) is 11.4. The van der Waals surface area contributed by atoms with Crippen LogP contribution in [0.3, 0.4) is 0 Å². The maximum absolute atomic E-state index is 12.8. The first-order valence-corrected chi connectivity index (χ1v) is 21.4. The lowest BCUT2D eigenvalue weighted by molar-refractivity contribution is 0.103. The van der Waals surface area contributed by atoms with Crippen LogP contribution in [0.25, 0.3) is 0 Å². The number of para-hydroxylation sites is 1. The van der Waals surface area contributed by atoms with Gasteiger partial charge in [0.25, 0.3) is 20.0 Å². The molecule has 284 valence electrons. The molecule has 6 aromatic rings. The number of halogens is 1. The molecule has 0 aliphatic rings. The third kappa shape index (κ3) is 11.4. The summed E-state index contributed by atoms with van der Waals surface area (Å²) in [6.07, 6.45) is 1.68. The van der Waals surface area contributed by atoms with Crippen molar-refractivity contribution in [2.75, 3.05) is 9.44 Å². The third-order valence-corrected chi connectivity index (χ3v) is 11.9. The van der Waals surface area contributed by atoms with Crippen molar-refractivity contribution in [1.82, 2.24) is 4.98 Å². The van der Waals surface area contributed by atoms with Gasteiger partial charge in [-0.05, 0) is 104 Å². The maximum Gasteiger partial charge on any atom is 0.261 e. The maximum atomic E-state index is 12.8. The summed E-state index contributed by atoms with van der Waals surface area (Å²) in [7, 11) is -7.56. The Morgan fingerprint density at radius 3 is 1.85 bits per heavy atom. The van der Waals surface area contributed by atoms with Crippen LogP contribution in [0.15, 0.2) is 165 Å². The highest BCUT2D eigenvalue weighted by Gasteiger charge is 2.20. The number of sulfonamides is 2. The Balaban J connectivity index is 0.000000211. The Hall–Kier alpha value is -5.14. The number of pyridine rings is 1. The van der Waals surface area contributed by atoms with E-state index < -0.39 is 20.0 Å². The minimum absolute atomic E-state index is 0.00328. The number of rotatable bonds is 13. The van der Waals surface area contributed by atoms with Gasteiger partial charge in [0.05, 0.1) is 27.3 Å². The molecule has 2 N–H and O–H groups in total. The molecule has 13 heteroatoms. The van der Waals surface area contributed by atoms with Crippen molar-refractivity contribution in [2.24, 2.45) is 0 Å². The summed E-state index contributed by atoms with van der Waals surface area (Å²) in [6.45, 7) is 7.92. The minimum atomic E-state index is -3.85. The quantitative estimate of drug-likeness (QED) is 0.110. The van der Waals surface area contributed by atoms with Gasteiger partial charge < -0.3 is 4.74 Å². The Bertz CT molecular complexity index is 2430. The van der Waals surface area contributed by atoms with E-state index in [2.05, 4.69) is 28.3 Å². The van der Waals surface area contributed by atoms with Crippen LogP contribution in [0.2, 0.25) is 5.02 Å². The number of carbonyl (C=O) groups is 1. The van der Waals surface area contributed by atoms with Crippen LogP contribution in [0, 0.1) is 0 Å². The topological polar surface area (TPSA) is 132 Å². The number of aromatic nitrogens is 1. The zero-order chi connectivity index (χ0) is 39.6. The van der Waals surface area contributed by atoms with Crippen LogP contribution in [0.1, 0.15) is 55.1 Å². The van der Waals surface area contributed by atoms with Crippen LogP contribution in [0.5, 0.6) is 5.75 Å². The number of ether oxygens (including phenoxy) is 1. The summed E-state index contributed by atoms with van der Waals surface area (Å²) in [5.41, 5.74) is 2.56. The molecule has 0 radical (unpaired) electrons. The number of anilines is 2. The fraction of sp³-hybridized carbons (Fsp3) is 0.143. The number of carbonyl (C=O) groups excluding carboxylic acids is 1. The van der Waals surface area contributed by atoms with Crippen LogP contribution < -0.4 is 14.2 Å². The first kappa shape index (κ1) is 41.0. The van der Waals surface area contributed by atoms with Gasteiger partial charge in [-0.3, -0.25) is 14.2 Å². The molecule has 0 saturated heterocycles. The van der Waals surface area contributed by atoms with Crippen molar-refractivity contribution in [2.45, 2.75) is 59.4 Å². The molecule has 0 fully saturated rings. The van der Waals surface area contributed by atoms with E-state index in [4.69, 9.17) is 16.3 Å². The molecule has 55 heavy (non-hydrogen) atoms. The van der Waals surface area contributed by atoms with Gasteiger partial charge in [-0.15, -0.1) is 0 Å². The van der Waals surface area contributed by atoms with Gasteiger partial charge in [0.2, 0.25) is 0 Å². The fourth-order valence-electron chi connectivity index (χ4n) is 5.11. The number of nitrogens with one attached hydrogen (secondary N) is 2. The van der Waals surface area contributed by atoms with Crippen LogP contribution >= 0.6 is 23.4 Å². The Kier molecular flexibility index (Phi) is 13.8. The number of ketones is 1. The summed E-state index contributed by atoms with van der Waals surface area (Å²) in [5, 5.41) is 1.28. The summed E-state index contributed by atoms with van der Waals surface area (Å²) in [6, 6.07) is 39.0. The van der Waals surface area contributed by atoms with Gasteiger partial charge in [0.15, 0.2) is 5.78 Å². The Morgan fingerprint density at radius 2 is 1.25 bits per heavy atom. The zero-order valence-electron chi connectivity index (χ0n) is 30.5. The molecule has 1 heterocycles. The molecule has 0 bridgehead atoms. The number of nitrogens with zero attached hydrogens (tertiary/aromatic N) is 1. The zero-order valence-corrected chi connectivity index (χ0v) is 33.7. The van der Waals surface area contributed by atoms with Crippen LogP contribution in [-0.4, -0.2) is 33.7 Å². The van der Waals surface area contributed by atoms with Crippen molar-refractivity contribution in [3.63, 3.8) is 0 Å². The van der Waals surface area contributed by atoms with Crippen LogP contribution in [0.4, 0.5) is 11.4 Å². The van der Waals surface area contributed by atoms with Gasteiger partial charge in [0.1, 0.15) is 10.8 Å². The fourth-order valence-corrected chi connectivity index (χ4v) is 8.47. The second kappa shape index (κ2) is 18.5. The molecule has 9 nitrogen and oxygen atoms in total. The van der Waals surface area contributed by atoms with E-state index in [9.17, 15) is 21.6 Å². The second-order valence-corrected chi connectivity index (χ2v) is 17.6. The highest BCUT2D eigenvalue weighted by atomic mass is 35.5. The molecular weight excluding hydrogens is 774 g/mol. The largest absolute Gasteiger partial charge is 0.491 e. The molecule has 0 spiro atoms. The van der Waals surface area contributed by atoms with Crippen molar-refractivity contribution in [3.8, 4) is 5.75 Å². The van der Waals surface area contributed by atoms with Crippen molar-refractivity contribution in [1.29, 1.82) is 0 Å². The summed E-state index contributed by atoms with van der Waals surface area (Å²) in [5.74, 6) is 0.681. The smallest absolute Gasteiger partial charge is 0.261 e. The molecule has 6 rings (SSSR count). The highest BCUT2D eigenvalue weighted by molar-refractivity contribution is 7.99. The Morgan fingerprint density at radius 1 is 0.673 bits per heavy atom. The molecule has 0 saturated carbocycles. The SMILES string of the molecule is CC(C)Oc1ccc(S(=O)(=O)Nc2ccccc2C(=O)c2ccccc2)cc1.CC(C)c1ccc(S(=O)(=O)Nc2ccc(Cl)cc2Sc2ccccn2)cc1. The molecule has 1 aromatic heterocycles. The summed E-state index contributed by atoms with van der Waals surface area (Å²) >= 11 is 7.46. The number of hydrogen-bond donors (Lipinski definition) is 2. The van der Waals surface area contributed by atoms with E-state index in [-0.39, 0.29) is 32.9 Å². The second-order valence-electron chi connectivity index (χ2n) is 12.7. The Labute approximate surface area is 332 Å². The third-order valence-electron chi connectivity index (χ3n) is 7.86. The minimum Gasteiger partial charge on any atom is -0.491 e. The van der Waals surface area contributed by atoms with Crippen molar-refractivity contribution < 1.29 is 26.4 Å². The van der Waals surface area contributed by atoms with E-state index >= 15 is 0 Å². The van der Waals surface area contributed by atoms with Crippen molar-refractivity contribution in [3.05, 3.63) is 167 Å². The predicted molar refractivity (Wildman–Crippen MR) is 220 cm³/mol. The van der Waals surface area contributed by atoms with Crippen LogP contribution in [-0.2, 0) is 20.0 Å². The van der Waals surface area contributed by atoms with E-state index in [0.29, 0.717) is 32.8 Å². The highest BCUT2D eigenvalue weighted by Crippen LogP contribution is 2.35. The molecule has 0 unspecified atom stereocenters. The average Bonchev–Trinajstić information content (AvgIpc) is 3.17. The first-order valence-electron chi connectivity index (χ1n) is 17.2. The van der Waals surface area contributed by atoms with Gasteiger partial charge in [0, 0.05) is 27.2 Å².